The number of methoxy groups -OCH3 is 3. The summed E-state index contributed by atoms with van der Waals surface area (Å²) in [7, 11) is 4.61. The van der Waals surface area contributed by atoms with Crippen molar-refractivity contribution in [2.24, 2.45) is 5.41 Å². The van der Waals surface area contributed by atoms with Crippen LogP contribution in [0, 0.1) is 5.41 Å². The molecule has 1 saturated carbocycles. The molecule has 0 radical (unpaired) electrons. The Hall–Kier alpha value is -2.28. The van der Waals surface area contributed by atoms with E-state index in [-0.39, 0.29) is 11.8 Å². The molecule has 0 saturated heterocycles. The van der Waals surface area contributed by atoms with Crippen LogP contribution in [0.5, 0.6) is 11.5 Å². The van der Waals surface area contributed by atoms with Crippen LogP contribution in [-0.2, 0) is 14.3 Å². The molecule has 0 spiro atoms. The second-order valence-corrected chi connectivity index (χ2v) is 5.35. The number of ether oxygens (including phenoxy) is 3. The highest BCUT2D eigenvalue weighted by atomic mass is 16.5. The van der Waals surface area contributed by atoms with Gasteiger partial charge in [-0.25, -0.2) is 0 Å². The molecule has 1 aliphatic rings. The van der Waals surface area contributed by atoms with E-state index in [2.05, 4.69) is 10.6 Å². The first-order valence-electron chi connectivity index (χ1n) is 7.38. The minimum Gasteiger partial charge on any atom is -0.497 e. The second-order valence-electron chi connectivity index (χ2n) is 5.35. The third-order valence-electron chi connectivity index (χ3n) is 3.87. The summed E-state index contributed by atoms with van der Waals surface area (Å²) in [6.07, 6.45) is 1.06. The van der Waals surface area contributed by atoms with Gasteiger partial charge < -0.3 is 24.8 Å². The van der Waals surface area contributed by atoms with Crippen LogP contribution in [0.15, 0.2) is 18.2 Å². The Morgan fingerprint density at radius 3 is 2.43 bits per heavy atom. The van der Waals surface area contributed by atoms with E-state index in [1.165, 1.54) is 7.11 Å². The zero-order valence-corrected chi connectivity index (χ0v) is 13.6. The molecule has 2 amide bonds. The Labute approximate surface area is 135 Å². The summed E-state index contributed by atoms with van der Waals surface area (Å²) < 4.78 is 15.3. The lowest BCUT2D eigenvalue weighted by atomic mass is 10.0. The number of rotatable bonds is 8. The standard InChI is InChI=1S/C16H22N2O5/c1-21-9-8-17-14(19)16(6-7-16)15(20)18-12-10-11(22-2)4-5-13(12)23-3/h4-5,10H,6-9H2,1-3H3,(H,17,19)(H,18,20). The molecule has 1 aliphatic carbocycles. The Bertz CT molecular complexity index is 584. The van der Waals surface area contributed by atoms with Crippen LogP contribution in [0.3, 0.4) is 0 Å². The van der Waals surface area contributed by atoms with Gasteiger partial charge >= 0.3 is 0 Å². The van der Waals surface area contributed by atoms with Gasteiger partial charge in [0.1, 0.15) is 16.9 Å². The van der Waals surface area contributed by atoms with Gasteiger partial charge in [-0.15, -0.1) is 0 Å². The molecule has 2 rings (SSSR count). The molecule has 23 heavy (non-hydrogen) atoms. The molecule has 7 heteroatoms. The van der Waals surface area contributed by atoms with Crippen LogP contribution in [0.2, 0.25) is 0 Å². The maximum Gasteiger partial charge on any atom is 0.240 e. The number of benzene rings is 1. The van der Waals surface area contributed by atoms with E-state index in [0.29, 0.717) is 43.2 Å². The summed E-state index contributed by atoms with van der Waals surface area (Å²) in [4.78, 5) is 24.8. The number of carbonyl (C=O) groups excluding carboxylic acids is 2. The molecule has 0 unspecified atom stereocenters. The molecule has 1 aromatic carbocycles. The Morgan fingerprint density at radius 2 is 1.87 bits per heavy atom. The normalized spacial score (nSPS) is 14.7. The van der Waals surface area contributed by atoms with Crippen molar-refractivity contribution in [2.75, 3.05) is 39.8 Å². The first-order valence-corrected chi connectivity index (χ1v) is 7.38. The van der Waals surface area contributed by atoms with Gasteiger partial charge in [0.2, 0.25) is 11.8 Å². The Kier molecular flexibility index (Phi) is 5.44. The van der Waals surface area contributed by atoms with E-state index in [1.807, 2.05) is 0 Å². The Balaban J connectivity index is 2.08. The first-order chi connectivity index (χ1) is 11.1. The number of carbonyl (C=O) groups is 2. The van der Waals surface area contributed by atoms with Crippen LogP contribution in [0.4, 0.5) is 5.69 Å². The van der Waals surface area contributed by atoms with E-state index in [1.54, 1.807) is 32.4 Å². The summed E-state index contributed by atoms with van der Waals surface area (Å²) in [6, 6.07) is 5.10. The highest BCUT2D eigenvalue weighted by Crippen LogP contribution is 2.47. The topological polar surface area (TPSA) is 85.9 Å². The fourth-order valence-electron chi connectivity index (χ4n) is 2.27. The zero-order chi connectivity index (χ0) is 16.9. The van der Waals surface area contributed by atoms with Gasteiger partial charge in [0.25, 0.3) is 0 Å². The van der Waals surface area contributed by atoms with Gasteiger partial charge in [0, 0.05) is 19.7 Å². The molecule has 0 heterocycles. The van der Waals surface area contributed by atoms with Crippen molar-refractivity contribution >= 4 is 17.5 Å². The van der Waals surface area contributed by atoms with Gasteiger partial charge in [0.05, 0.1) is 26.5 Å². The summed E-state index contributed by atoms with van der Waals surface area (Å²) >= 11 is 0. The van der Waals surface area contributed by atoms with E-state index < -0.39 is 5.41 Å². The molecule has 1 fully saturated rings. The molecular weight excluding hydrogens is 300 g/mol. The fourth-order valence-corrected chi connectivity index (χ4v) is 2.27. The van der Waals surface area contributed by atoms with Crippen LogP contribution < -0.4 is 20.1 Å². The van der Waals surface area contributed by atoms with Crippen molar-refractivity contribution in [1.82, 2.24) is 5.32 Å². The maximum absolute atomic E-state index is 12.5. The summed E-state index contributed by atoms with van der Waals surface area (Å²) in [6.45, 7) is 0.792. The van der Waals surface area contributed by atoms with Gasteiger partial charge in [-0.3, -0.25) is 9.59 Å². The third kappa shape index (κ3) is 3.73. The summed E-state index contributed by atoms with van der Waals surface area (Å²) in [5.41, 5.74) is -0.519. The Morgan fingerprint density at radius 1 is 1.13 bits per heavy atom. The summed E-state index contributed by atoms with van der Waals surface area (Å²) in [5, 5.41) is 5.50. The van der Waals surface area contributed by atoms with Gasteiger partial charge in [0.15, 0.2) is 0 Å². The van der Waals surface area contributed by atoms with Crippen molar-refractivity contribution in [3.8, 4) is 11.5 Å². The SMILES string of the molecule is COCCNC(=O)C1(C(=O)Nc2cc(OC)ccc2OC)CC1. The van der Waals surface area contributed by atoms with Crippen molar-refractivity contribution < 1.29 is 23.8 Å². The average molecular weight is 322 g/mol. The minimum absolute atomic E-state index is 0.270. The molecule has 7 nitrogen and oxygen atoms in total. The molecule has 1 aromatic rings. The van der Waals surface area contributed by atoms with Crippen molar-refractivity contribution in [1.29, 1.82) is 0 Å². The summed E-state index contributed by atoms with van der Waals surface area (Å²) in [5.74, 6) is 0.498. The third-order valence-corrected chi connectivity index (χ3v) is 3.87. The molecular formula is C16H22N2O5. The molecule has 0 aliphatic heterocycles. The lowest BCUT2D eigenvalue weighted by Gasteiger charge is -2.17. The average Bonchev–Trinajstić information content (AvgIpc) is 3.36. The first kappa shape index (κ1) is 17.1. The van der Waals surface area contributed by atoms with Gasteiger partial charge in [-0.2, -0.15) is 0 Å². The number of hydrogen-bond donors (Lipinski definition) is 2. The van der Waals surface area contributed by atoms with Crippen LogP contribution in [-0.4, -0.2) is 46.3 Å². The fraction of sp³-hybridized carbons (Fsp3) is 0.500. The number of anilines is 1. The molecule has 2 N–H and O–H groups in total. The van der Waals surface area contributed by atoms with Crippen molar-refractivity contribution in [2.45, 2.75) is 12.8 Å². The van der Waals surface area contributed by atoms with E-state index in [9.17, 15) is 9.59 Å². The quantitative estimate of drug-likeness (QED) is 0.554. The minimum atomic E-state index is -0.998. The highest BCUT2D eigenvalue weighted by molar-refractivity contribution is 6.13. The number of hydrogen-bond acceptors (Lipinski definition) is 5. The van der Waals surface area contributed by atoms with E-state index in [0.717, 1.165) is 0 Å². The van der Waals surface area contributed by atoms with Crippen molar-refractivity contribution in [3.05, 3.63) is 18.2 Å². The van der Waals surface area contributed by atoms with Gasteiger partial charge in [-0.05, 0) is 25.0 Å². The highest BCUT2D eigenvalue weighted by Gasteiger charge is 2.56. The van der Waals surface area contributed by atoms with Crippen LogP contribution in [0.25, 0.3) is 0 Å². The lowest BCUT2D eigenvalue weighted by Crippen LogP contribution is -2.41. The largest absolute Gasteiger partial charge is 0.497 e. The zero-order valence-electron chi connectivity index (χ0n) is 13.6. The van der Waals surface area contributed by atoms with Crippen LogP contribution in [0.1, 0.15) is 12.8 Å². The second kappa shape index (κ2) is 7.32. The number of amides is 2. The van der Waals surface area contributed by atoms with Crippen molar-refractivity contribution in [3.63, 3.8) is 0 Å². The number of nitrogens with one attached hydrogen (secondary N) is 2. The van der Waals surface area contributed by atoms with E-state index >= 15 is 0 Å². The predicted octanol–water partition coefficient (Wildman–Crippen LogP) is 1.19. The smallest absolute Gasteiger partial charge is 0.240 e. The van der Waals surface area contributed by atoms with Gasteiger partial charge in [-0.1, -0.05) is 0 Å². The predicted molar refractivity (Wildman–Crippen MR) is 84.7 cm³/mol. The van der Waals surface area contributed by atoms with Crippen LogP contribution >= 0.6 is 0 Å². The molecule has 0 bridgehead atoms. The maximum atomic E-state index is 12.5. The molecule has 126 valence electrons. The molecule has 0 aromatic heterocycles. The van der Waals surface area contributed by atoms with E-state index in [4.69, 9.17) is 14.2 Å². The molecule has 0 atom stereocenters. The monoisotopic (exact) mass is 322 g/mol. The lowest BCUT2D eigenvalue weighted by molar-refractivity contribution is -0.134.